The zero-order valence-corrected chi connectivity index (χ0v) is 11.8. The van der Waals surface area contributed by atoms with E-state index in [1.807, 2.05) is 25.1 Å². The number of hydrogen-bond acceptors (Lipinski definition) is 3. The highest BCUT2D eigenvalue weighted by Crippen LogP contribution is 2.20. The van der Waals surface area contributed by atoms with Crippen molar-refractivity contribution in [1.82, 2.24) is 5.32 Å². The first kappa shape index (κ1) is 15.5. The normalized spacial score (nSPS) is 12.4. The van der Waals surface area contributed by atoms with Gasteiger partial charge in [0.15, 0.2) is 0 Å². The van der Waals surface area contributed by atoms with Crippen molar-refractivity contribution in [2.45, 2.75) is 39.2 Å². The number of nitrogens with one attached hydrogen (secondary N) is 1. The molecular weight excluding hydrogens is 242 g/mol. The summed E-state index contributed by atoms with van der Waals surface area (Å²) in [5, 5.41) is 11.9. The van der Waals surface area contributed by atoms with Crippen LogP contribution in [0.5, 0.6) is 5.75 Å². The lowest BCUT2D eigenvalue weighted by Crippen LogP contribution is -2.37. The summed E-state index contributed by atoms with van der Waals surface area (Å²) < 4.78 is 5.62. The molecule has 4 nitrogen and oxygen atoms in total. The molecule has 1 unspecified atom stereocenters. The maximum Gasteiger partial charge on any atom is 0.320 e. The van der Waals surface area contributed by atoms with E-state index < -0.39 is 12.0 Å². The number of ether oxygens (including phenoxy) is 1. The number of carboxylic acid groups (broad SMARTS) is 1. The minimum atomic E-state index is -0.832. The summed E-state index contributed by atoms with van der Waals surface area (Å²) in [6.45, 7) is 7.18. The van der Waals surface area contributed by atoms with Crippen molar-refractivity contribution in [2.24, 2.45) is 0 Å². The van der Waals surface area contributed by atoms with Gasteiger partial charge in [-0.25, -0.2) is 0 Å². The molecule has 0 saturated carbocycles. The largest absolute Gasteiger partial charge is 0.494 e. The molecule has 19 heavy (non-hydrogen) atoms. The molecule has 2 N–H and O–H groups in total. The first-order valence-electron chi connectivity index (χ1n) is 6.73. The van der Waals surface area contributed by atoms with Crippen LogP contribution in [0.4, 0.5) is 0 Å². The summed E-state index contributed by atoms with van der Waals surface area (Å²) in [5.74, 6) is 0.422. The van der Waals surface area contributed by atoms with Gasteiger partial charge in [0.05, 0.1) is 6.61 Å². The lowest BCUT2D eigenvalue weighted by molar-refractivity contribution is -0.139. The van der Waals surface area contributed by atoms with Crippen molar-refractivity contribution >= 4 is 5.97 Å². The first-order valence-corrected chi connectivity index (χ1v) is 6.73. The van der Waals surface area contributed by atoms with Crippen molar-refractivity contribution in [3.63, 3.8) is 0 Å². The fourth-order valence-corrected chi connectivity index (χ4v) is 1.82. The quantitative estimate of drug-likeness (QED) is 0.758. The molecule has 4 heteroatoms. The molecule has 1 aromatic rings. The third-order valence-electron chi connectivity index (χ3n) is 2.95. The van der Waals surface area contributed by atoms with Crippen LogP contribution in [-0.4, -0.2) is 30.3 Å². The van der Waals surface area contributed by atoms with E-state index in [1.165, 1.54) is 5.56 Å². The molecule has 0 aromatic heterocycles. The van der Waals surface area contributed by atoms with Crippen molar-refractivity contribution in [2.75, 3.05) is 13.2 Å². The fourth-order valence-electron chi connectivity index (χ4n) is 1.82. The summed E-state index contributed by atoms with van der Waals surface area (Å²) in [5.41, 5.74) is 1.22. The van der Waals surface area contributed by atoms with E-state index in [2.05, 4.69) is 25.2 Å². The van der Waals surface area contributed by atoms with E-state index in [1.54, 1.807) is 0 Å². The third-order valence-corrected chi connectivity index (χ3v) is 2.95. The number of likely N-dealkylation sites (N-methyl/N-ethyl adjacent to an activating group) is 1. The van der Waals surface area contributed by atoms with Crippen LogP contribution in [0.3, 0.4) is 0 Å². The van der Waals surface area contributed by atoms with E-state index in [-0.39, 0.29) is 0 Å². The van der Waals surface area contributed by atoms with Crippen LogP contribution in [0.2, 0.25) is 0 Å². The van der Waals surface area contributed by atoms with Crippen molar-refractivity contribution in [3.8, 4) is 5.75 Å². The van der Waals surface area contributed by atoms with Gasteiger partial charge in [0.2, 0.25) is 0 Å². The van der Waals surface area contributed by atoms with Gasteiger partial charge in [-0.3, -0.25) is 4.79 Å². The van der Waals surface area contributed by atoms with Gasteiger partial charge < -0.3 is 15.2 Å². The molecule has 106 valence electrons. The van der Waals surface area contributed by atoms with Crippen molar-refractivity contribution in [1.29, 1.82) is 0 Å². The predicted octanol–water partition coefficient (Wildman–Crippen LogP) is 2.64. The van der Waals surface area contributed by atoms with Gasteiger partial charge in [-0.15, -0.1) is 0 Å². The van der Waals surface area contributed by atoms with E-state index in [0.717, 1.165) is 5.75 Å². The second-order valence-electron chi connectivity index (χ2n) is 4.81. The van der Waals surface area contributed by atoms with Gasteiger partial charge >= 0.3 is 5.97 Å². The Labute approximate surface area is 114 Å². The Morgan fingerprint density at radius 3 is 2.74 bits per heavy atom. The molecule has 1 atom stereocenters. The minimum Gasteiger partial charge on any atom is -0.494 e. The van der Waals surface area contributed by atoms with Gasteiger partial charge in [-0.2, -0.15) is 0 Å². The number of carbonyl (C=O) groups is 1. The Morgan fingerprint density at radius 2 is 2.16 bits per heavy atom. The van der Waals surface area contributed by atoms with Crippen molar-refractivity contribution < 1.29 is 14.6 Å². The molecule has 1 aromatic carbocycles. The summed E-state index contributed by atoms with van der Waals surface area (Å²) in [4.78, 5) is 11.0. The Balaban J connectivity index is 2.48. The Morgan fingerprint density at radius 1 is 1.42 bits per heavy atom. The van der Waals surface area contributed by atoms with Crippen molar-refractivity contribution in [3.05, 3.63) is 29.8 Å². The molecule has 0 aliphatic carbocycles. The Kier molecular flexibility index (Phi) is 6.36. The van der Waals surface area contributed by atoms with Gasteiger partial charge in [0.25, 0.3) is 0 Å². The van der Waals surface area contributed by atoms with Crippen LogP contribution >= 0.6 is 0 Å². The SMILES string of the molecule is CCNC(CCOc1cccc(C(C)C)c1)C(=O)O. The second-order valence-corrected chi connectivity index (χ2v) is 4.81. The fraction of sp³-hybridized carbons (Fsp3) is 0.533. The molecule has 0 amide bonds. The number of aliphatic carboxylic acids is 1. The van der Waals surface area contributed by atoms with Crippen LogP contribution in [-0.2, 0) is 4.79 Å². The predicted molar refractivity (Wildman–Crippen MR) is 75.7 cm³/mol. The minimum absolute atomic E-state index is 0.394. The summed E-state index contributed by atoms with van der Waals surface area (Å²) in [6.07, 6.45) is 0.453. The second kappa shape index (κ2) is 7.79. The lowest BCUT2D eigenvalue weighted by Gasteiger charge is -2.14. The molecule has 0 fully saturated rings. The maximum absolute atomic E-state index is 11.0. The van der Waals surface area contributed by atoms with E-state index >= 15 is 0 Å². The maximum atomic E-state index is 11.0. The average Bonchev–Trinajstić information content (AvgIpc) is 2.38. The summed E-state index contributed by atoms with van der Waals surface area (Å²) in [7, 11) is 0. The molecular formula is C15H23NO3. The molecule has 1 rings (SSSR count). The van der Waals surface area contributed by atoms with Gasteiger partial charge in [0, 0.05) is 6.42 Å². The van der Waals surface area contributed by atoms with Crippen LogP contribution in [0, 0.1) is 0 Å². The van der Waals surface area contributed by atoms with E-state index in [9.17, 15) is 4.79 Å². The zero-order valence-electron chi connectivity index (χ0n) is 11.8. The van der Waals surface area contributed by atoms with E-state index in [4.69, 9.17) is 9.84 Å². The molecule has 0 aliphatic heterocycles. The first-order chi connectivity index (χ1) is 9.04. The van der Waals surface area contributed by atoms with Gasteiger partial charge in [0.1, 0.15) is 11.8 Å². The third kappa shape index (κ3) is 5.30. The van der Waals surface area contributed by atoms with E-state index in [0.29, 0.717) is 25.5 Å². The highest BCUT2D eigenvalue weighted by atomic mass is 16.5. The number of hydrogen-bond donors (Lipinski definition) is 2. The lowest BCUT2D eigenvalue weighted by atomic mass is 10.0. The zero-order chi connectivity index (χ0) is 14.3. The van der Waals surface area contributed by atoms with Crippen LogP contribution < -0.4 is 10.1 Å². The van der Waals surface area contributed by atoms with Crippen LogP contribution in [0.25, 0.3) is 0 Å². The molecule has 0 radical (unpaired) electrons. The number of rotatable bonds is 8. The average molecular weight is 265 g/mol. The van der Waals surface area contributed by atoms with Gasteiger partial charge in [-0.1, -0.05) is 32.9 Å². The molecule has 0 heterocycles. The summed E-state index contributed by atoms with van der Waals surface area (Å²) in [6, 6.07) is 7.39. The Bertz CT molecular complexity index is 404. The van der Waals surface area contributed by atoms with Crippen LogP contribution in [0.15, 0.2) is 24.3 Å². The highest BCUT2D eigenvalue weighted by molar-refractivity contribution is 5.73. The summed E-state index contributed by atoms with van der Waals surface area (Å²) >= 11 is 0. The number of carboxylic acids is 1. The van der Waals surface area contributed by atoms with Crippen LogP contribution in [0.1, 0.15) is 38.7 Å². The van der Waals surface area contributed by atoms with Gasteiger partial charge in [-0.05, 0) is 30.2 Å². The highest BCUT2D eigenvalue weighted by Gasteiger charge is 2.15. The topological polar surface area (TPSA) is 58.6 Å². The molecule has 0 aliphatic rings. The molecule has 0 spiro atoms. The Hall–Kier alpha value is -1.55. The monoisotopic (exact) mass is 265 g/mol. The molecule has 0 saturated heterocycles. The smallest absolute Gasteiger partial charge is 0.320 e. The molecule has 0 bridgehead atoms. The number of benzene rings is 1. The standard InChI is InChI=1S/C15H23NO3/c1-4-16-14(15(17)18)8-9-19-13-7-5-6-12(10-13)11(2)3/h5-7,10-11,14,16H,4,8-9H2,1-3H3,(H,17,18).